The number of carboxylic acid groups (broad SMARTS) is 1. The zero-order valence-electron chi connectivity index (χ0n) is 27.7. The van der Waals surface area contributed by atoms with Crippen LogP contribution in [0.25, 0.3) is 11.5 Å². The molecule has 1 heterocycles. The number of halogens is 1. The quantitative estimate of drug-likeness (QED) is 0.0753. The molecule has 1 aliphatic carbocycles. The molecule has 10 nitrogen and oxygen atoms in total. The molecule has 0 unspecified atom stereocenters. The molecule has 5 aromatic rings. The van der Waals surface area contributed by atoms with Gasteiger partial charge in [0.2, 0.25) is 5.89 Å². The number of nitrogens with zero attached hydrogens (tertiary/aromatic N) is 2. The first-order valence-electron chi connectivity index (χ1n) is 16.1. The van der Waals surface area contributed by atoms with Gasteiger partial charge in [0.25, 0.3) is 0 Å². The van der Waals surface area contributed by atoms with Crippen molar-refractivity contribution in [2.24, 2.45) is 0 Å². The number of rotatable bonds is 12. The lowest BCUT2D eigenvalue weighted by Gasteiger charge is -2.20. The molecular weight excluding hydrogens is 751 g/mol. The first-order chi connectivity index (χ1) is 24.1. The van der Waals surface area contributed by atoms with E-state index >= 15 is 0 Å². The van der Waals surface area contributed by atoms with E-state index in [1.54, 1.807) is 36.4 Å². The SMILES string of the molecule is CC(=O)Oc1cccc(I)c1.Cc1oc(-c2ccccc2)nc1CCOc1ccc(CN(CC(=O)O)C(=O)Oc2cccc(C3CC3)c2)cc1. The van der Waals surface area contributed by atoms with Crippen molar-refractivity contribution >= 4 is 40.6 Å². The first-order valence-corrected chi connectivity index (χ1v) is 17.2. The highest BCUT2D eigenvalue weighted by Crippen LogP contribution is 2.41. The van der Waals surface area contributed by atoms with Gasteiger partial charge < -0.3 is 23.7 Å². The summed E-state index contributed by atoms with van der Waals surface area (Å²) in [7, 11) is 0. The number of oxazole rings is 1. The van der Waals surface area contributed by atoms with Crippen LogP contribution in [0.2, 0.25) is 0 Å². The highest BCUT2D eigenvalue weighted by atomic mass is 127. The summed E-state index contributed by atoms with van der Waals surface area (Å²) in [5.41, 5.74) is 3.66. The van der Waals surface area contributed by atoms with Gasteiger partial charge in [-0.2, -0.15) is 0 Å². The number of carboxylic acids is 1. The molecule has 1 fully saturated rings. The van der Waals surface area contributed by atoms with Crippen molar-refractivity contribution in [2.45, 2.75) is 45.6 Å². The van der Waals surface area contributed by atoms with Crippen LogP contribution in [0, 0.1) is 10.5 Å². The summed E-state index contributed by atoms with van der Waals surface area (Å²) < 4.78 is 23.1. The predicted molar refractivity (Wildman–Crippen MR) is 195 cm³/mol. The monoisotopic (exact) mass is 788 g/mol. The summed E-state index contributed by atoms with van der Waals surface area (Å²) in [6, 6.07) is 31.7. The lowest BCUT2D eigenvalue weighted by atomic mass is 10.1. The third-order valence-electron chi connectivity index (χ3n) is 7.57. The Labute approximate surface area is 304 Å². The van der Waals surface area contributed by atoms with Crippen LogP contribution in [0.5, 0.6) is 17.2 Å². The molecule has 1 saturated carbocycles. The van der Waals surface area contributed by atoms with E-state index in [4.69, 9.17) is 18.6 Å². The molecular formula is C39H37IN2O8. The summed E-state index contributed by atoms with van der Waals surface area (Å²) >= 11 is 2.16. The lowest BCUT2D eigenvalue weighted by molar-refractivity contribution is -0.138. The molecule has 0 saturated heterocycles. The van der Waals surface area contributed by atoms with Gasteiger partial charge in [0, 0.05) is 29.0 Å². The van der Waals surface area contributed by atoms with Gasteiger partial charge in [-0.3, -0.25) is 14.5 Å². The van der Waals surface area contributed by atoms with Gasteiger partial charge in [-0.25, -0.2) is 9.78 Å². The van der Waals surface area contributed by atoms with Crippen molar-refractivity contribution in [3.05, 3.63) is 129 Å². The molecule has 6 rings (SSSR count). The van der Waals surface area contributed by atoms with Gasteiger partial charge in [-0.15, -0.1) is 0 Å². The molecule has 258 valence electrons. The summed E-state index contributed by atoms with van der Waals surface area (Å²) in [5.74, 6) is 2.15. The normalized spacial score (nSPS) is 11.9. The molecule has 11 heteroatoms. The molecule has 4 aromatic carbocycles. The Kier molecular flexibility index (Phi) is 12.6. The van der Waals surface area contributed by atoms with E-state index in [1.807, 2.05) is 73.7 Å². The fraction of sp³-hybridized carbons (Fsp3) is 0.231. The average molecular weight is 789 g/mol. The maximum atomic E-state index is 12.8. The third kappa shape index (κ3) is 11.2. The number of hydrogen-bond donors (Lipinski definition) is 1. The number of amides is 1. The topological polar surface area (TPSA) is 128 Å². The summed E-state index contributed by atoms with van der Waals surface area (Å²) in [6.45, 7) is 3.31. The number of ether oxygens (including phenoxy) is 3. The van der Waals surface area contributed by atoms with Crippen molar-refractivity contribution in [3.63, 3.8) is 0 Å². The van der Waals surface area contributed by atoms with Gasteiger partial charge in [-0.1, -0.05) is 48.5 Å². The number of carbonyl (C=O) groups is 3. The van der Waals surface area contributed by atoms with Crippen LogP contribution < -0.4 is 14.2 Å². The van der Waals surface area contributed by atoms with E-state index in [9.17, 15) is 19.5 Å². The predicted octanol–water partition coefficient (Wildman–Crippen LogP) is 8.45. The second-order valence-electron chi connectivity index (χ2n) is 11.6. The Morgan fingerprint density at radius 1 is 0.880 bits per heavy atom. The van der Waals surface area contributed by atoms with Gasteiger partial charge >= 0.3 is 18.0 Å². The van der Waals surface area contributed by atoms with Crippen LogP contribution in [0.1, 0.15) is 48.3 Å². The van der Waals surface area contributed by atoms with E-state index in [0.717, 1.165) is 44.6 Å². The molecule has 0 aliphatic heterocycles. The number of esters is 1. The number of hydrogen-bond acceptors (Lipinski definition) is 8. The number of carbonyl (C=O) groups excluding carboxylic acids is 2. The summed E-state index contributed by atoms with van der Waals surface area (Å²) in [4.78, 5) is 40.5. The Morgan fingerprint density at radius 3 is 2.24 bits per heavy atom. The lowest BCUT2D eigenvalue weighted by Crippen LogP contribution is -2.37. The van der Waals surface area contributed by atoms with Crippen LogP contribution in [-0.4, -0.2) is 46.2 Å². The minimum absolute atomic E-state index is 0.0914. The van der Waals surface area contributed by atoms with E-state index < -0.39 is 18.6 Å². The molecule has 1 amide bonds. The zero-order valence-corrected chi connectivity index (χ0v) is 29.9. The smallest absolute Gasteiger partial charge is 0.416 e. The van der Waals surface area contributed by atoms with Crippen molar-refractivity contribution < 1.29 is 38.1 Å². The summed E-state index contributed by atoms with van der Waals surface area (Å²) in [6.07, 6.45) is 2.15. The van der Waals surface area contributed by atoms with E-state index in [1.165, 1.54) is 11.8 Å². The number of aromatic nitrogens is 1. The van der Waals surface area contributed by atoms with Crippen LogP contribution in [-0.2, 0) is 22.6 Å². The van der Waals surface area contributed by atoms with Crippen LogP contribution in [0.15, 0.2) is 108 Å². The number of aliphatic carboxylic acids is 1. The van der Waals surface area contributed by atoms with Gasteiger partial charge in [-0.05, 0) is 114 Å². The van der Waals surface area contributed by atoms with Gasteiger partial charge in [0.05, 0.1) is 12.3 Å². The molecule has 1 aromatic heterocycles. The van der Waals surface area contributed by atoms with Crippen LogP contribution in [0.4, 0.5) is 4.79 Å². The largest absolute Gasteiger partial charge is 0.493 e. The van der Waals surface area contributed by atoms with Crippen molar-refractivity contribution in [3.8, 4) is 28.7 Å². The summed E-state index contributed by atoms with van der Waals surface area (Å²) in [5, 5.41) is 9.34. The van der Waals surface area contributed by atoms with Crippen LogP contribution >= 0.6 is 22.6 Å². The van der Waals surface area contributed by atoms with E-state index in [-0.39, 0.29) is 12.5 Å². The molecule has 1 aliphatic rings. The van der Waals surface area contributed by atoms with Crippen molar-refractivity contribution in [1.82, 2.24) is 9.88 Å². The molecule has 0 spiro atoms. The molecule has 0 bridgehead atoms. The average Bonchev–Trinajstić information content (AvgIpc) is 3.88. The second kappa shape index (κ2) is 17.5. The fourth-order valence-electron chi connectivity index (χ4n) is 5.00. The zero-order chi connectivity index (χ0) is 35.5. The number of aryl methyl sites for hydroxylation is 1. The standard InChI is InChI=1S/C31H30N2O6.C8H7IO2/c1-21-28(32-30(38-21)24-6-3-2-4-7-24)16-17-37-26-14-10-22(11-15-26)19-33(20-29(34)35)31(36)39-27-9-5-8-25(18-27)23-12-13-23;1-6(10)11-8-4-2-3-7(9)5-8/h2-11,14-15,18,23H,12-13,16-17,19-20H2,1H3,(H,34,35);2-5H,1H3. The number of benzene rings is 4. The highest BCUT2D eigenvalue weighted by Gasteiger charge is 2.25. The van der Waals surface area contributed by atoms with E-state index in [2.05, 4.69) is 27.6 Å². The third-order valence-corrected chi connectivity index (χ3v) is 8.24. The minimum atomic E-state index is -1.11. The molecule has 0 radical (unpaired) electrons. The maximum absolute atomic E-state index is 12.8. The first kappa shape index (κ1) is 36.1. The van der Waals surface area contributed by atoms with Gasteiger partial charge in [0.1, 0.15) is 29.6 Å². The minimum Gasteiger partial charge on any atom is -0.493 e. The highest BCUT2D eigenvalue weighted by molar-refractivity contribution is 14.1. The maximum Gasteiger partial charge on any atom is 0.416 e. The van der Waals surface area contributed by atoms with Crippen molar-refractivity contribution in [2.75, 3.05) is 13.2 Å². The Bertz CT molecular complexity index is 1910. The fourth-order valence-corrected chi connectivity index (χ4v) is 5.51. The van der Waals surface area contributed by atoms with Crippen LogP contribution in [0.3, 0.4) is 0 Å². The molecule has 50 heavy (non-hydrogen) atoms. The second-order valence-corrected chi connectivity index (χ2v) is 12.9. The van der Waals surface area contributed by atoms with Gasteiger partial charge in [0.15, 0.2) is 0 Å². The molecule has 1 N–H and O–H groups in total. The molecule has 0 atom stereocenters. The Balaban J connectivity index is 0.000000377. The van der Waals surface area contributed by atoms with Crippen molar-refractivity contribution in [1.29, 1.82) is 0 Å². The van der Waals surface area contributed by atoms with E-state index in [0.29, 0.717) is 42.1 Å². The Morgan fingerprint density at radius 2 is 1.58 bits per heavy atom. The Hall–Kier alpha value is -5.17.